The van der Waals surface area contributed by atoms with E-state index in [4.69, 9.17) is 19.9 Å². The number of aliphatic hydroxyl groups is 1. The zero-order valence-electron chi connectivity index (χ0n) is 23.9. The van der Waals surface area contributed by atoms with Crippen molar-refractivity contribution in [3.05, 3.63) is 53.1 Å². The fraction of sp³-hybridized carbons (Fsp3) is 0.533. The number of ether oxygens (including phenoxy) is 3. The molecule has 3 rings (SSSR count). The lowest BCUT2D eigenvalue weighted by Gasteiger charge is -2.32. The van der Waals surface area contributed by atoms with E-state index >= 15 is 0 Å². The first kappa shape index (κ1) is 30.1. The van der Waals surface area contributed by atoms with E-state index in [9.17, 15) is 14.7 Å². The number of primary amides is 1. The third-order valence-electron chi connectivity index (χ3n) is 6.50. The van der Waals surface area contributed by atoms with E-state index in [2.05, 4.69) is 11.0 Å². The molecule has 0 saturated carbocycles. The number of amides is 2. The molecule has 1 heterocycles. The average Bonchev–Trinajstić information content (AvgIpc) is 3.27. The number of carbonyl (C=O) groups excluding carboxylic acids is 2. The molecule has 0 spiro atoms. The maximum atomic E-state index is 13.2. The molecule has 1 unspecified atom stereocenters. The number of benzene rings is 2. The van der Waals surface area contributed by atoms with Gasteiger partial charge in [-0.1, -0.05) is 18.2 Å². The topological polar surface area (TPSA) is 115 Å². The van der Waals surface area contributed by atoms with Crippen molar-refractivity contribution in [1.82, 2.24) is 4.90 Å². The zero-order chi connectivity index (χ0) is 28.6. The Morgan fingerprint density at radius 1 is 1.15 bits per heavy atom. The summed E-state index contributed by atoms with van der Waals surface area (Å²) >= 11 is 0. The van der Waals surface area contributed by atoms with E-state index < -0.39 is 17.6 Å². The highest BCUT2D eigenvalue weighted by Crippen LogP contribution is 2.34. The summed E-state index contributed by atoms with van der Waals surface area (Å²) in [7, 11) is 0. The normalized spacial score (nSPS) is 13.5. The molecular weight excluding hydrogens is 498 g/mol. The Morgan fingerprint density at radius 2 is 1.85 bits per heavy atom. The van der Waals surface area contributed by atoms with Gasteiger partial charge < -0.3 is 34.9 Å². The summed E-state index contributed by atoms with van der Waals surface area (Å²) in [6.45, 7) is 12.0. The molecule has 0 radical (unpaired) electrons. The highest BCUT2D eigenvalue weighted by atomic mass is 16.6. The van der Waals surface area contributed by atoms with Crippen molar-refractivity contribution >= 4 is 17.7 Å². The van der Waals surface area contributed by atoms with Crippen LogP contribution < -0.4 is 20.1 Å². The van der Waals surface area contributed by atoms with Crippen LogP contribution in [0.15, 0.2) is 36.4 Å². The van der Waals surface area contributed by atoms with Crippen molar-refractivity contribution in [3.8, 4) is 11.5 Å². The van der Waals surface area contributed by atoms with Crippen molar-refractivity contribution in [3.63, 3.8) is 0 Å². The SMILES string of the molecule is CCOc1ccccc1OCCN(C(=O)OC(C)(C)C)C(C)Cc1cc2c(c(C(N)=O)c1)N(CCCO)CC2. The van der Waals surface area contributed by atoms with Crippen molar-refractivity contribution in [2.75, 3.05) is 44.4 Å². The van der Waals surface area contributed by atoms with Gasteiger partial charge in [0.2, 0.25) is 0 Å². The number of nitrogens with zero attached hydrogens (tertiary/aromatic N) is 2. The fourth-order valence-electron chi connectivity index (χ4n) is 4.84. The van der Waals surface area contributed by atoms with Crippen LogP contribution in [-0.4, -0.2) is 73.1 Å². The molecule has 0 aliphatic carbocycles. The van der Waals surface area contributed by atoms with E-state index in [1.165, 1.54) is 0 Å². The molecule has 9 heteroatoms. The average molecular weight is 542 g/mol. The number of carbonyl (C=O) groups is 2. The van der Waals surface area contributed by atoms with Crippen LogP contribution in [0.25, 0.3) is 0 Å². The summed E-state index contributed by atoms with van der Waals surface area (Å²) < 4.78 is 17.4. The molecule has 3 N–H and O–H groups in total. The van der Waals surface area contributed by atoms with Gasteiger partial charge in [0, 0.05) is 25.7 Å². The molecule has 2 amide bonds. The van der Waals surface area contributed by atoms with Crippen LogP contribution in [0.1, 0.15) is 62.5 Å². The van der Waals surface area contributed by atoms with Crippen LogP contribution in [0, 0.1) is 0 Å². The highest BCUT2D eigenvalue weighted by molar-refractivity contribution is 6.00. The lowest BCUT2D eigenvalue weighted by Crippen LogP contribution is -2.45. The zero-order valence-corrected chi connectivity index (χ0v) is 23.9. The van der Waals surface area contributed by atoms with Crippen molar-refractivity contribution in [2.24, 2.45) is 5.73 Å². The molecule has 0 fully saturated rings. The first-order valence-corrected chi connectivity index (χ1v) is 13.7. The van der Waals surface area contributed by atoms with Crippen molar-refractivity contribution in [1.29, 1.82) is 0 Å². The van der Waals surface area contributed by atoms with Crippen molar-refractivity contribution in [2.45, 2.75) is 65.5 Å². The van der Waals surface area contributed by atoms with Gasteiger partial charge >= 0.3 is 6.09 Å². The largest absolute Gasteiger partial charge is 0.490 e. The van der Waals surface area contributed by atoms with Gasteiger partial charge in [-0.3, -0.25) is 4.79 Å². The van der Waals surface area contributed by atoms with Gasteiger partial charge in [0.05, 0.1) is 24.4 Å². The van der Waals surface area contributed by atoms with Gasteiger partial charge in [-0.2, -0.15) is 0 Å². The van der Waals surface area contributed by atoms with Crippen molar-refractivity contribution < 1.29 is 28.9 Å². The van der Waals surface area contributed by atoms with Gasteiger partial charge in [-0.25, -0.2) is 4.79 Å². The number of hydrogen-bond donors (Lipinski definition) is 2. The molecule has 9 nitrogen and oxygen atoms in total. The smallest absolute Gasteiger partial charge is 0.410 e. The minimum atomic E-state index is -0.651. The number of nitrogens with two attached hydrogens (primary N) is 1. The predicted octanol–water partition coefficient (Wildman–Crippen LogP) is 4.18. The third kappa shape index (κ3) is 8.26. The standard InChI is InChI=1S/C30H43N3O6/c1-6-37-25-10-7-8-11-26(25)38-17-15-33(29(36)39-30(3,4)5)21(2)18-22-19-23-12-14-32(13-9-16-34)27(23)24(20-22)28(31)35/h7-8,10-11,19-21,34H,6,9,12-18H2,1-5H3,(H2,31,35). The Morgan fingerprint density at radius 3 is 2.46 bits per heavy atom. The van der Waals surface area contributed by atoms with Gasteiger partial charge in [0.25, 0.3) is 5.91 Å². The second kappa shape index (κ2) is 13.6. The summed E-state index contributed by atoms with van der Waals surface area (Å²) in [6, 6.07) is 11.1. The molecule has 214 valence electrons. The second-order valence-electron chi connectivity index (χ2n) is 10.8. The molecule has 0 bridgehead atoms. The maximum absolute atomic E-state index is 13.2. The third-order valence-corrected chi connectivity index (χ3v) is 6.50. The van der Waals surface area contributed by atoms with Gasteiger partial charge in [0.1, 0.15) is 12.2 Å². The summed E-state index contributed by atoms with van der Waals surface area (Å²) in [5.41, 5.74) is 8.46. The van der Waals surface area contributed by atoms with Crippen LogP contribution in [0.5, 0.6) is 11.5 Å². The maximum Gasteiger partial charge on any atom is 0.410 e. The lowest BCUT2D eigenvalue weighted by atomic mass is 9.97. The number of anilines is 1. The van der Waals surface area contributed by atoms with Gasteiger partial charge in [0.15, 0.2) is 11.5 Å². The summed E-state index contributed by atoms with van der Waals surface area (Å²) in [5, 5.41) is 9.25. The van der Waals surface area contributed by atoms with E-state index in [-0.39, 0.29) is 19.3 Å². The first-order chi connectivity index (χ1) is 18.5. The van der Waals surface area contributed by atoms with E-state index in [0.29, 0.717) is 49.6 Å². The van der Waals surface area contributed by atoms with Crippen LogP contribution in [0.2, 0.25) is 0 Å². The van der Waals surface area contributed by atoms with Gasteiger partial charge in [-0.05, 0) is 83.2 Å². The molecule has 39 heavy (non-hydrogen) atoms. The molecular formula is C30H43N3O6. The minimum Gasteiger partial charge on any atom is -0.490 e. The Kier molecular flexibility index (Phi) is 10.5. The number of hydrogen-bond acceptors (Lipinski definition) is 7. The predicted molar refractivity (Wildman–Crippen MR) is 152 cm³/mol. The van der Waals surface area contributed by atoms with E-state index in [0.717, 1.165) is 29.8 Å². The fourth-order valence-corrected chi connectivity index (χ4v) is 4.84. The van der Waals surface area contributed by atoms with E-state index in [1.54, 1.807) is 4.90 Å². The summed E-state index contributed by atoms with van der Waals surface area (Å²) in [4.78, 5) is 29.4. The Balaban J connectivity index is 1.79. The van der Waals surface area contributed by atoms with Crippen LogP contribution in [0.4, 0.5) is 10.5 Å². The molecule has 1 atom stereocenters. The second-order valence-corrected chi connectivity index (χ2v) is 10.8. The molecule has 1 aliphatic heterocycles. The molecule has 0 saturated heterocycles. The molecule has 1 aliphatic rings. The number of fused-ring (bicyclic) bond motifs is 1. The van der Waals surface area contributed by atoms with Crippen LogP contribution in [0.3, 0.4) is 0 Å². The molecule has 0 aromatic heterocycles. The lowest BCUT2D eigenvalue weighted by molar-refractivity contribution is 0.0148. The summed E-state index contributed by atoms with van der Waals surface area (Å²) in [5.74, 6) is 0.788. The quantitative estimate of drug-likeness (QED) is 0.391. The monoisotopic (exact) mass is 541 g/mol. The number of aliphatic hydroxyl groups excluding tert-OH is 1. The van der Waals surface area contributed by atoms with Gasteiger partial charge in [-0.15, -0.1) is 0 Å². The Bertz CT molecular complexity index is 1130. The first-order valence-electron chi connectivity index (χ1n) is 13.7. The molecule has 2 aromatic carbocycles. The minimum absolute atomic E-state index is 0.0920. The van der Waals surface area contributed by atoms with Crippen LogP contribution in [-0.2, 0) is 17.6 Å². The highest BCUT2D eigenvalue weighted by Gasteiger charge is 2.29. The number of para-hydroxylation sites is 2. The van der Waals surface area contributed by atoms with Crippen LogP contribution >= 0.6 is 0 Å². The summed E-state index contributed by atoms with van der Waals surface area (Å²) in [6.07, 6.45) is 1.51. The Hall–Kier alpha value is -3.46. The molecule has 2 aromatic rings. The van der Waals surface area contributed by atoms with E-state index in [1.807, 2.05) is 65.0 Å². The number of rotatable bonds is 13. The Labute approximate surface area is 231 Å².